The zero-order valence-electron chi connectivity index (χ0n) is 8.42. The second kappa shape index (κ2) is 3.84. The molecular formula is C11H8F2N2O. The van der Waals surface area contributed by atoms with Crippen molar-refractivity contribution in [3.63, 3.8) is 0 Å². The third-order valence-corrected chi connectivity index (χ3v) is 2.23. The molecule has 0 atom stereocenters. The molecule has 2 aromatic rings. The maximum absolute atomic E-state index is 13.4. The third kappa shape index (κ3) is 1.84. The summed E-state index contributed by atoms with van der Waals surface area (Å²) in [5, 5.41) is 0. The summed E-state index contributed by atoms with van der Waals surface area (Å²) in [5.41, 5.74) is 0.274. The molecule has 0 unspecified atom stereocenters. The van der Waals surface area contributed by atoms with Crippen molar-refractivity contribution in [1.82, 2.24) is 9.97 Å². The van der Waals surface area contributed by atoms with Gasteiger partial charge >= 0.3 is 5.69 Å². The number of rotatable bonds is 1. The van der Waals surface area contributed by atoms with E-state index in [9.17, 15) is 13.6 Å². The summed E-state index contributed by atoms with van der Waals surface area (Å²) < 4.78 is 26.4. The maximum atomic E-state index is 13.4. The number of halogens is 2. The van der Waals surface area contributed by atoms with E-state index in [1.165, 1.54) is 18.2 Å². The lowest BCUT2D eigenvalue weighted by Gasteiger charge is -2.06. The van der Waals surface area contributed by atoms with Gasteiger partial charge in [0.2, 0.25) is 0 Å². The molecular weight excluding hydrogens is 214 g/mol. The third-order valence-electron chi connectivity index (χ3n) is 2.23. The van der Waals surface area contributed by atoms with Crippen LogP contribution in [-0.4, -0.2) is 9.97 Å². The molecule has 0 aliphatic heterocycles. The molecule has 3 nitrogen and oxygen atoms in total. The molecule has 1 aromatic heterocycles. The average Bonchev–Trinajstić information content (AvgIpc) is 2.25. The van der Waals surface area contributed by atoms with E-state index in [2.05, 4.69) is 9.97 Å². The highest BCUT2D eigenvalue weighted by Crippen LogP contribution is 2.23. The molecule has 0 spiro atoms. The van der Waals surface area contributed by atoms with Crippen LogP contribution in [-0.2, 0) is 0 Å². The van der Waals surface area contributed by atoms with Gasteiger partial charge in [-0.2, -0.15) is 4.98 Å². The molecule has 0 amide bonds. The molecule has 1 heterocycles. The summed E-state index contributed by atoms with van der Waals surface area (Å²) in [6.45, 7) is 1.70. The number of benzene rings is 1. The number of nitrogens with zero attached hydrogens (tertiary/aromatic N) is 1. The van der Waals surface area contributed by atoms with Gasteiger partial charge in [0.05, 0.1) is 11.9 Å². The lowest BCUT2D eigenvalue weighted by Crippen LogP contribution is -2.12. The second-order valence-corrected chi connectivity index (χ2v) is 3.37. The Bertz CT molecular complexity index is 593. The molecule has 0 radical (unpaired) electrons. The number of hydrogen-bond donors (Lipinski definition) is 1. The van der Waals surface area contributed by atoms with Crippen molar-refractivity contribution in [2.45, 2.75) is 6.92 Å². The minimum atomic E-state index is -0.687. The van der Waals surface area contributed by atoms with Gasteiger partial charge in [-0.05, 0) is 24.6 Å². The second-order valence-electron chi connectivity index (χ2n) is 3.37. The van der Waals surface area contributed by atoms with Crippen molar-refractivity contribution in [2.24, 2.45) is 0 Å². The van der Waals surface area contributed by atoms with Gasteiger partial charge < -0.3 is 4.98 Å². The Morgan fingerprint density at radius 2 is 2.06 bits per heavy atom. The Morgan fingerprint density at radius 3 is 2.81 bits per heavy atom. The van der Waals surface area contributed by atoms with Gasteiger partial charge in [-0.3, -0.25) is 0 Å². The summed E-state index contributed by atoms with van der Waals surface area (Å²) in [7, 11) is 0. The van der Waals surface area contributed by atoms with Crippen LogP contribution < -0.4 is 5.69 Å². The Labute approximate surface area is 89.8 Å². The molecule has 0 aliphatic carbocycles. The fourth-order valence-electron chi connectivity index (χ4n) is 1.44. The molecule has 0 saturated heterocycles. The Morgan fingerprint density at radius 1 is 1.31 bits per heavy atom. The Balaban J connectivity index is 2.71. The monoisotopic (exact) mass is 222 g/mol. The fourth-order valence-corrected chi connectivity index (χ4v) is 1.44. The van der Waals surface area contributed by atoms with Gasteiger partial charge in [0.1, 0.15) is 5.82 Å². The van der Waals surface area contributed by atoms with Gasteiger partial charge in [-0.25, -0.2) is 13.6 Å². The molecule has 82 valence electrons. The lowest BCUT2D eigenvalue weighted by molar-refractivity contribution is 0.613. The zero-order chi connectivity index (χ0) is 11.7. The van der Waals surface area contributed by atoms with E-state index in [1.807, 2.05) is 0 Å². The number of aromatic nitrogens is 2. The summed E-state index contributed by atoms with van der Waals surface area (Å²) in [6.07, 6.45) is 0.818. The van der Waals surface area contributed by atoms with E-state index in [1.54, 1.807) is 6.92 Å². The van der Waals surface area contributed by atoms with Gasteiger partial charge in [0.15, 0.2) is 5.82 Å². The molecule has 1 N–H and O–H groups in total. The quantitative estimate of drug-likeness (QED) is 0.802. The van der Waals surface area contributed by atoms with Crippen LogP contribution in [0.4, 0.5) is 8.78 Å². The van der Waals surface area contributed by atoms with Crippen molar-refractivity contribution in [2.75, 3.05) is 0 Å². The number of H-pyrrole nitrogens is 1. The van der Waals surface area contributed by atoms with Crippen LogP contribution in [0.15, 0.2) is 29.2 Å². The minimum Gasteiger partial charge on any atom is -0.303 e. The largest absolute Gasteiger partial charge is 0.345 e. The lowest BCUT2D eigenvalue weighted by atomic mass is 10.1. The number of hydrogen-bond acceptors (Lipinski definition) is 2. The summed E-state index contributed by atoms with van der Waals surface area (Å²) in [5.74, 6) is -1.18. The van der Waals surface area contributed by atoms with Gasteiger partial charge in [-0.1, -0.05) is 6.07 Å². The summed E-state index contributed by atoms with van der Waals surface area (Å²) in [6, 6.07) is 3.96. The van der Waals surface area contributed by atoms with E-state index < -0.39 is 17.3 Å². The fraction of sp³-hybridized carbons (Fsp3) is 0.0909. The van der Waals surface area contributed by atoms with Gasteiger partial charge in [0, 0.05) is 5.56 Å². The van der Waals surface area contributed by atoms with Crippen molar-refractivity contribution >= 4 is 0 Å². The Kier molecular flexibility index (Phi) is 2.52. The molecule has 2 rings (SSSR count). The summed E-state index contributed by atoms with van der Waals surface area (Å²) >= 11 is 0. The van der Waals surface area contributed by atoms with Crippen LogP contribution in [0.3, 0.4) is 0 Å². The van der Waals surface area contributed by atoms with Crippen LogP contribution in [0.1, 0.15) is 5.56 Å². The van der Waals surface area contributed by atoms with Crippen molar-refractivity contribution in [3.05, 3.63) is 52.1 Å². The topological polar surface area (TPSA) is 45.8 Å². The average molecular weight is 222 g/mol. The van der Waals surface area contributed by atoms with Crippen molar-refractivity contribution in [3.8, 4) is 11.3 Å². The predicted octanol–water partition coefficient (Wildman–Crippen LogP) is 2.02. The normalized spacial score (nSPS) is 10.4. The molecule has 1 aromatic carbocycles. The first-order chi connectivity index (χ1) is 7.58. The first-order valence-corrected chi connectivity index (χ1v) is 4.59. The highest BCUT2D eigenvalue weighted by molar-refractivity contribution is 5.63. The van der Waals surface area contributed by atoms with Gasteiger partial charge in [-0.15, -0.1) is 0 Å². The number of aromatic amines is 1. The first-order valence-electron chi connectivity index (χ1n) is 4.59. The standard InChI is InChI=1S/C11H8F2N2O/c1-6-2-3-7(12)4-8(6)10-9(13)5-14-11(16)15-10/h2-5H,1H3,(H,14,15,16). The Hall–Kier alpha value is -2.04. The molecule has 0 saturated carbocycles. The van der Waals surface area contributed by atoms with Crippen molar-refractivity contribution in [1.29, 1.82) is 0 Å². The zero-order valence-corrected chi connectivity index (χ0v) is 8.42. The van der Waals surface area contributed by atoms with Crippen LogP contribution in [0.25, 0.3) is 11.3 Å². The SMILES string of the molecule is Cc1ccc(F)cc1-c1[nH]c(=O)ncc1F. The van der Waals surface area contributed by atoms with E-state index in [0.717, 1.165) is 6.20 Å². The van der Waals surface area contributed by atoms with Crippen LogP contribution in [0, 0.1) is 18.6 Å². The van der Waals surface area contributed by atoms with E-state index in [-0.39, 0.29) is 5.69 Å². The van der Waals surface area contributed by atoms with E-state index >= 15 is 0 Å². The highest BCUT2D eigenvalue weighted by Gasteiger charge is 2.10. The molecule has 16 heavy (non-hydrogen) atoms. The van der Waals surface area contributed by atoms with Crippen LogP contribution in [0.2, 0.25) is 0 Å². The highest BCUT2D eigenvalue weighted by atomic mass is 19.1. The predicted molar refractivity (Wildman–Crippen MR) is 54.9 cm³/mol. The van der Waals surface area contributed by atoms with E-state index in [0.29, 0.717) is 11.1 Å². The molecule has 5 heteroatoms. The van der Waals surface area contributed by atoms with Crippen LogP contribution in [0.5, 0.6) is 0 Å². The number of nitrogens with one attached hydrogen (secondary N) is 1. The van der Waals surface area contributed by atoms with Crippen LogP contribution >= 0.6 is 0 Å². The van der Waals surface area contributed by atoms with Gasteiger partial charge in [0.25, 0.3) is 0 Å². The molecule has 0 bridgehead atoms. The summed E-state index contributed by atoms with van der Waals surface area (Å²) in [4.78, 5) is 16.5. The first kappa shape index (κ1) is 10.5. The molecule has 0 fully saturated rings. The minimum absolute atomic E-state index is 0.0444. The van der Waals surface area contributed by atoms with Crippen molar-refractivity contribution < 1.29 is 8.78 Å². The number of aryl methyl sites for hydroxylation is 1. The smallest absolute Gasteiger partial charge is 0.303 e. The van der Waals surface area contributed by atoms with E-state index in [4.69, 9.17) is 0 Å². The maximum Gasteiger partial charge on any atom is 0.345 e. The molecule has 0 aliphatic rings.